The van der Waals surface area contributed by atoms with E-state index in [1.807, 2.05) is 6.26 Å². The first-order valence-corrected chi connectivity index (χ1v) is 6.43. The molecule has 1 aromatic rings. The Bertz CT molecular complexity index is 329. The molecule has 0 saturated carbocycles. The zero-order valence-electron chi connectivity index (χ0n) is 10.2. The first-order chi connectivity index (χ1) is 8.23. The van der Waals surface area contributed by atoms with Gasteiger partial charge in [0.1, 0.15) is 11.6 Å². The maximum atomic E-state index is 9.16. The highest BCUT2D eigenvalue weighted by molar-refractivity contribution is 7.98. The summed E-state index contributed by atoms with van der Waals surface area (Å²) in [6.07, 6.45) is 1.91. The lowest BCUT2D eigenvalue weighted by Crippen LogP contribution is -2.29. The molecule has 0 fully saturated rings. The highest BCUT2D eigenvalue weighted by Crippen LogP contribution is 2.17. The summed E-state index contributed by atoms with van der Waals surface area (Å²) in [7, 11) is 3.39. The number of methoxy groups -OCH3 is 1. The Morgan fingerprint density at radius 1 is 1.47 bits per heavy atom. The predicted octanol–water partition coefficient (Wildman–Crippen LogP) is 0.659. The van der Waals surface area contributed by atoms with Gasteiger partial charge in [0.25, 0.3) is 0 Å². The van der Waals surface area contributed by atoms with Gasteiger partial charge in [-0.1, -0.05) is 11.8 Å². The number of ether oxygens (including phenoxy) is 1. The Morgan fingerprint density at radius 2 is 2.18 bits per heavy atom. The fourth-order valence-electron chi connectivity index (χ4n) is 1.27. The first kappa shape index (κ1) is 14.0. The lowest BCUT2D eigenvalue weighted by Gasteiger charge is -2.16. The van der Waals surface area contributed by atoms with Crippen LogP contribution in [0.5, 0.6) is 0 Å². The minimum absolute atomic E-state index is 0.0126. The van der Waals surface area contributed by atoms with Gasteiger partial charge in [0.05, 0.1) is 19.3 Å². The highest BCUT2D eigenvalue weighted by Gasteiger charge is 2.09. The molecule has 1 unspecified atom stereocenters. The molecule has 0 aliphatic rings. The van der Waals surface area contributed by atoms with Crippen molar-refractivity contribution in [3.8, 4) is 0 Å². The van der Waals surface area contributed by atoms with Gasteiger partial charge in [0.15, 0.2) is 5.16 Å². The van der Waals surface area contributed by atoms with Crippen LogP contribution in [0.2, 0.25) is 0 Å². The van der Waals surface area contributed by atoms with Gasteiger partial charge in [-0.25, -0.2) is 9.97 Å². The van der Waals surface area contributed by atoms with Gasteiger partial charge >= 0.3 is 0 Å². The standard InChI is InChI=1S/C10H18N4O2S/c1-11-8-4-9(14-10(13-8)17-3)12-7(5-15)6-16-2/h4,7,15H,5-6H2,1-3H3,(H2,11,12,13,14). The Balaban J connectivity index is 2.81. The van der Waals surface area contributed by atoms with Crippen LogP contribution in [0.4, 0.5) is 11.6 Å². The van der Waals surface area contributed by atoms with Crippen LogP contribution >= 0.6 is 11.8 Å². The van der Waals surface area contributed by atoms with Crippen molar-refractivity contribution in [2.75, 3.05) is 44.3 Å². The molecular formula is C10H18N4O2S. The molecule has 0 aliphatic carbocycles. The molecule has 0 bridgehead atoms. The summed E-state index contributed by atoms with van der Waals surface area (Å²) in [5.41, 5.74) is 0. The fraction of sp³-hybridized carbons (Fsp3) is 0.600. The van der Waals surface area contributed by atoms with E-state index < -0.39 is 0 Å². The van der Waals surface area contributed by atoms with Crippen LogP contribution in [-0.2, 0) is 4.74 Å². The van der Waals surface area contributed by atoms with Crippen molar-refractivity contribution >= 4 is 23.4 Å². The number of aromatic nitrogens is 2. The van der Waals surface area contributed by atoms with Gasteiger partial charge in [-0.15, -0.1) is 0 Å². The van der Waals surface area contributed by atoms with E-state index in [-0.39, 0.29) is 12.6 Å². The summed E-state index contributed by atoms with van der Waals surface area (Å²) in [5.74, 6) is 1.41. The summed E-state index contributed by atoms with van der Waals surface area (Å²) >= 11 is 1.46. The van der Waals surface area contributed by atoms with Gasteiger partial charge < -0.3 is 20.5 Å². The molecule has 0 saturated heterocycles. The molecule has 7 heteroatoms. The van der Waals surface area contributed by atoms with Crippen LogP contribution in [-0.4, -0.2) is 54.7 Å². The largest absolute Gasteiger partial charge is 0.394 e. The summed E-state index contributed by atoms with van der Waals surface area (Å²) in [6.45, 7) is 0.408. The van der Waals surface area contributed by atoms with Crippen LogP contribution in [0.1, 0.15) is 0 Å². The zero-order valence-corrected chi connectivity index (χ0v) is 11.0. The number of aliphatic hydroxyl groups excluding tert-OH is 1. The molecule has 0 radical (unpaired) electrons. The van der Waals surface area contributed by atoms with E-state index in [4.69, 9.17) is 9.84 Å². The molecule has 1 aromatic heterocycles. The smallest absolute Gasteiger partial charge is 0.191 e. The number of aliphatic hydroxyl groups is 1. The Kier molecular flexibility index (Phi) is 6.03. The summed E-state index contributed by atoms with van der Waals surface area (Å²) < 4.78 is 4.99. The SMILES string of the molecule is CNc1cc(NC(CO)COC)nc(SC)n1. The van der Waals surface area contributed by atoms with Crippen molar-refractivity contribution < 1.29 is 9.84 Å². The number of hydrogen-bond acceptors (Lipinski definition) is 7. The van der Waals surface area contributed by atoms with Crippen molar-refractivity contribution in [2.45, 2.75) is 11.2 Å². The molecule has 0 aliphatic heterocycles. The zero-order chi connectivity index (χ0) is 12.7. The van der Waals surface area contributed by atoms with Crippen LogP contribution in [0.15, 0.2) is 11.2 Å². The van der Waals surface area contributed by atoms with E-state index in [0.717, 1.165) is 5.82 Å². The average Bonchev–Trinajstić information content (AvgIpc) is 2.37. The summed E-state index contributed by atoms with van der Waals surface area (Å²) in [4.78, 5) is 8.56. The van der Waals surface area contributed by atoms with E-state index >= 15 is 0 Å². The molecule has 0 amide bonds. The average molecular weight is 258 g/mol. The second-order valence-corrected chi connectivity index (χ2v) is 4.13. The topological polar surface area (TPSA) is 79.3 Å². The van der Waals surface area contributed by atoms with E-state index in [2.05, 4.69) is 20.6 Å². The molecule has 1 atom stereocenters. The minimum Gasteiger partial charge on any atom is -0.394 e. The van der Waals surface area contributed by atoms with Crippen molar-refractivity contribution in [2.24, 2.45) is 0 Å². The molecule has 0 aromatic carbocycles. The monoisotopic (exact) mass is 258 g/mol. The first-order valence-electron chi connectivity index (χ1n) is 5.20. The van der Waals surface area contributed by atoms with Crippen LogP contribution in [0.3, 0.4) is 0 Å². The number of hydrogen-bond donors (Lipinski definition) is 3. The van der Waals surface area contributed by atoms with E-state index in [9.17, 15) is 0 Å². The highest BCUT2D eigenvalue weighted by atomic mass is 32.2. The van der Waals surface area contributed by atoms with E-state index in [1.54, 1.807) is 20.2 Å². The van der Waals surface area contributed by atoms with Gasteiger partial charge in [0, 0.05) is 20.2 Å². The molecule has 1 rings (SSSR count). The third-order valence-electron chi connectivity index (χ3n) is 2.08. The number of nitrogens with zero attached hydrogens (tertiary/aromatic N) is 2. The number of nitrogens with one attached hydrogen (secondary N) is 2. The second-order valence-electron chi connectivity index (χ2n) is 3.35. The lowest BCUT2D eigenvalue weighted by atomic mass is 10.3. The van der Waals surface area contributed by atoms with E-state index in [1.165, 1.54) is 11.8 Å². The second kappa shape index (κ2) is 7.31. The third kappa shape index (κ3) is 4.37. The number of rotatable bonds is 7. The Morgan fingerprint density at radius 3 is 2.71 bits per heavy atom. The summed E-state index contributed by atoms with van der Waals surface area (Å²) in [5, 5.41) is 15.9. The fourth-order valence-corrected chi connectivity index (χ4v) is 1.65. The van der Waals surface area contributed by atoms with Crippen LogP contribution < -0.4 is 10.6 Å². The van der Waals surface area contributed by atoms with E-state index in [0.29, 0.717) is 17.6 Å². The maximum absolute atomic E-state index is 9.16. The molecule has 0 spiro atoms. The van der Waals surface area contributed by atoms with Gasteiger partial charge in [-0.3, -0.25) is 0 Å². The quantitative estimate of drug-likeness (QED) is 0.489. The van der Waals surface area contributed by atoms with Gasteiger partial charge in [0.2, 0.25) is 0 Å². The molecule has 3 N–H and O–H groups in total. The molecule has 1 heterocycles. The van der Waals surface area contributed by atoms with Crippen LogP contribution in [0, 0.1) is 0 Å². The normalized spacial score (nSPS) is 12.2. The summed E-state index contributed by atoms with van der Waals surface area (Å²) in [6, 6.07) is 1.62. The minimum atomic E-state index is -0.172. The van der Waals surface area contributed by atoms with Crippen LogP contribution in [0.25, 0.3) is 0 Å². The number of thioether (sulfide) groups is 1. The molecular weight excluding hydrogens is 240 g/mol. The van der Waals surface area contributed by atoms with Gasteiger partial charge in [-0.05, 0) is 6.26 Å². The Hall–Kier alpha value is -1.05. The Labute approximate surface area is 105 Å². The molecule has 6 nitrogen and oxygen atoms in total. The van der Waals surface area contributed by atoms with Crippen molar-refractivity contribution in [1.29, 1.82) is 0 Å². The molecule has 96 valence electrons. The van der Waals surface area contributed by atoms with Crippen molar-refractivity contribution in [3.05, 3.63) is 6.07 Å². The molecule has 17 heavy (non-hydrogen) atoms. The maximum Gasteiger partial charge on any atom is 0.191 e. The van der Waals surface area contributed by atoms with Gasteiger partial charge in [-0.2, -0.15) is 0 Å². The van der Waals surface area contributed by atoms with Crippen molar-refractivity contribution in [1.82, 2.24) is 9.97 Å². The number of anilines is 2. The predicted molar refractivity (Wildman–Crippen MR) is 69.7 cm³/mol. The van der Waals surface area contributed by atoms with Crippen molar-refractivity contribution in [3.63, 3.8) is 0 Å². The third-order valence-corrected chi connectivity index (χ3v) is 2.63. The lowest BCUT2D eigenvalue weighted by molar-refractivity contribution is 0.153.